The maximum atomic E-state index is 12.3. The highest BCUT2D eigenvalue weighted by molar-refractivity contribution is 5.39. The Hall–Kier alpha value is -1.74. The van der Waals surface area contributed by atoms with Gasteiger partial charge in [0.15, 0.2) is 11.4 Å². The van der Waals surface area contributed by atoms with Crippen molar-refractivity contribution in [1.82, 2.24) is 4.98 Å². The van der Waals surface area contributed by atoms with E-state index in [1.807, 2.05) is 0 Å². The van der Waals surface area contributed by atoms with Gasteiger partial charge < -0.3 is 9.84 Å². The lowest BCUT2D eigenvalue weighted by atomic mass is 10.2. The molecule has 0 fully saturated rings. The van der Waals surface area contributed by atoms with Crippen LogP contribution >= 0.6 is 0 Å². The van der Waals surface area contributed by atoms with E-state index in [4.69, 9.17) is 5.11 Å². The van der Waals surface area contributed by atoms with Crippen LogP contribution in [0.3, 0.4) is 0 Å². The van der Waals surface area contributed by atoms with Crippen molar-refractivity contribution in [2.45, 2.75) is 19.2 Å². The normalized spacial score (nSPS) is 12.6. The average Bonchev–Trinajstić information content (AvgIpc) is 2.16. The molecule has 10 heteroatoms. The first kappa shape index (κ1) is 14.3. The summed E-state index contributed by atoms with van der Waals surface area (Å²) < 4.78 is 87.7. The summed E-state index contributed by atoms with van der Waals surface area (Å²) in [5.41, 5.74) is -2.98. The van der Waals surface area contributed by atoms with E-state index in [1.165, 1.54) is 0 Å². The van der Waals surface area contributed by atoms with Crippen LogP contribution in [0.25, 0.3) is 0 Å². The molecule has 0 spiro atoms. The lowest BCUT2D eigenvalue weighted by Crippen LogP contribution is -2.20. The summed E-state index contributed by atoms with van der Waals surface area (Å²) in [7, 11) is 0. The number of aromatic nitrogens is 1. The highest BCUT2D eigenvalue weighted by Gasteiger charge is 2.39. The van der Waals surface area contributed by atoms with Gasteiger partial charge in [0.05, 0.1) is 0 Å². The summed E-state index contributed by atoms with van der Waals surface area (Å²) in [6, 6.07) is 0.177. The molecule has 1 N–H and O–H groups in total. The molecule has 0 aromatic carbocycles. The molecule has 18 heavy (non-hydrogen) atoms. The van der Waals surface area contributed by atoms with Gasteiger partial charge in [0.1, 0.15) is 6.67 Å². The average molecular weight is 279 g/mol. The molecule has 0 aliphatic heterocycles. The van der Waals surface area contributed by atoms with Crippen molar-refractivity contribution in [3.8, 4) is 11.6 Å². The van der Waals surface area contributed by atoms with E-state index in [9.17, 15) is 30.7 Å². The molecule has 102 valence electrons. The van der Waals surface area contributed by atoms with Gasteiger partial charge >= 0.3 is 12.5 Å². The van der Waals surface area contributed by atoms with Crippen molar-refractivity contribution in [2.24, 2.45) is 0 Å². The third-order valence-electron chi connectivity index (χ3n) is 1.67. The van der Waals surface area contributed by atoms with Crippen LogP contribution in [0.5, 0.6) is 11.6 Å². The van der Waals surface area contributed by atoms with E-state index in [-0.39, 0.29) is 6.07 Å². The number of halogens is 7. The van der Waals surface area contributed by atoms with Gasteiger partial charge in [0.2, 0.25) is 0 Å². The maximum absolute atomic E-state index is 12.3. The van der Waals surface area contributed by atoms with Gasteiger partial charge in [-0.3, -0.25) is 0 Å². The minimum absolute atomic E-state index is 0.177. The molecule has 1 aromatic rings. The summed E-state index contributed by atoms with van der Waals surface area (Å²) in [6.45, 7) is -1.65. The Labute approximate surface area is 94.8 Å². The van der Waals surface area contributed by atoms with E-state index in [0.29, 0.717) is 0 Å². The fraction of sp³-hybridized carbons (Fsp3) is 0.375. The minimum atomic E-state index is -5.33. The Balaban J connectivity index is 3.31. The van der Waals surface area contributed by atoms with Crippen molar-refractivity contribution in [3.05, 3.63) is 17.3 Å². The van der Waals surface area contributed by atoms with Gasteiger partial charge in [-0.05, 0) is 6.07 Å². The second-order valence-corrected chi connectivity index (χ2v) is 3.00. The fourth-order valence-corrected chi connectivity index (χ4v) is 1.06. The van der Waals surface area contributed by atoms with Gasteiger partial charge in [-0.25, -0.2) is 9.37 Å². The molecule has 1 heterocycles. The Morgan fingerprint density at radius 3 is 2.11 bits per heavy atom. The minimum Gasteiger partial charge on any atom is -0.503 e. The van der Waals surface area contributed by atoms with Crippen LogP contribution < -0.4 is 4.74 Å². The molecule has 3 nitrogen and oxygen atoms in total. The van der Waals surface area contributed by atoms with E-state index in [1.54, 1.807) is 0 Å². The van der Waals surface area contributed by atoms with Gasteiger partial charge in [0, 0.05) is 5.56 Å². The van der Waals surface area contributed by atoms with Crippen LogP contribution in [0.1, 0.15) is 11.3 Å². The van der Waals surface area contributed by atoms with Crippen molar-refractivity contribution in [1.29, 1.82) is 0 Å². The van der Waals surface area contributed by atoms with Crippen LogP contribution in [0.15, 0.2) is 6.07 Å². The summed E-state index contributed by atoms with van der Waals surface area (Å²) in [4.78, 5) is 2.44. The zero-order chi connectivity index (χ0) is 14.1. The molecule has 0 radical (unpaired) electrons. The van der Waals surface area contributed by atoms with Gasteiger partial charge in [-0.2, -0.15) is 13.2 Å². The lowest BCUT2D eigenvalue weighted by Gasteiger charge is -2.14. The number of hydrogen-bond donors (Lipinski definition) is 1. The number of pyridine rings is 1. The first-order valence-corrected chi connectivity index (χ1v) is 4.16. The molecule has 0 bridgehead atoms. The molecule has 0 aliphatic rings. The number of alkyl halides is 7. The van der Waals surface area contributed by atoms with Crippen LogP contribution in [0.4, 0.5) is 30.7 Å². The molecule has 0 unspecified atom stereocenters. The molecule has 0 aliphatic carbocycles. The third kappa shape index (κ3) is 3.37. The Morgan fingerprint density at radius 2 is 1.72 bits per heavy atom. The quantitative estimate of drug-likeness (QED) is 0.845. The van der Waals surface area contributed by atoms with Gasteiger partial charge in [0.25, 0.3) is 5.88 Å². The molecule has 0 saturated heterocycles. The molecular formula is C8H4F7NO2. The maximum Gasteiger partial charge on any atom is 0.574 e. The lowest BCUT2D eigenvalue weighted by molar-refractivity contribution is -0.277. The van der Waals surface area contributed by atoms with Crippen molar-refractivity contribution < 1.29 is 40.6 Å². The molecular weight excluding hydrogens is 275 g/mol. The van der Waals surface area contributed by atoms with Crippen LogP contribution in [-0.2, 0) is 12.9 Å². The molecule has 0 atom stereocenters. The number of nitrogens with zero attached hydrogens (tertiary/aromatic N) is 1. The zero-order valence-electron chi connectivity index (χ0n) is 8.23. The largest absolute Gasteiger partial charge is 0.574 e. The number of aromatic hydroxyl groups is 1. The van der Waals surface area contributed by atoms with Gasteiger partial charge in [-0.15, -0.1) is 13.2 Å². The van der Waals surface area contributed by atoms with Crippen LogP contribution in [0.2, 0.25) is 0 Å². The Kier molecular flexibility index (Phi) is 3.58. The highest BCUT2D eigenvalue weighted by atomic mass is 19.4. The monoisotopic (exact) mass is 279 g/mol. The van der Waals surface area contributed by atoms with E-state index >= 15 is 0 Å². The molecule has 0 amide bonds. The summed E-state index contributed by atoms with van der Waals surface area (Å²) in [5.74, 6) is -3.03. The van der Waals surface area contributed by atoms with Crippen molar-refractivity contribution in [3.63, 3.8) is 0 Å². The van der Waals surface area contributed by atoms with Crippen molar-refractivity contribution in [2.75, 3.05) is 0 Å². The third-order valence-corrected chi connectivity index (χ3v) is 1.67. The number of rotatable bonds is 2. The highest BCUT2D eigenvalue weighted by Crippen LogP contribution is 2.37. The van der Waals surface area contributed by atoms with E-state index in [2.05, 4.69) is 9.72 Å². The number of hydrogen-bond acceptors (Lipinski definition) is 3. The first-order valence-electron chi connectivity index (χ1n) is 4.16. The standard InChI is InChI=1S/C8H4F7NO2/c9-2-3-1-4(17)6(18-8(13,14)15)16-5(3)7(10,11)12/h1,17H,2H2. The topological polar surface area (TPSA) is 42.4 Å². The second-order valence-electron chi connectivity index (χ2n) is 3.00. The summed E-state index contributed by atoms with van der Waals surface area (Å²) in [5, 5.41) is 8.95. The summed E-state index contributed by atoms with van der Waals surface area (Å²) >= 11 is 0. The van der Waals surface area contributed by atoms with E-state index in [0.717, 1.165) is 0 Å². The molecule has 0 saturated carbocycles. The number of ether oxygens (including phenoxy) is 1. The zero-order valence-corrected chi connectivity index (χ0v) is 8.23. The summed E-state index contributed by atoms with van der Waals surface area (Å²) in [6.07, 6.45) is -10.5. The molecule has 1 aromatic heterocycles. The predicted octanol–water partition coefficient (Wildman–Crippen LogP) is 3.17. The SMILES string of the molecule is Oc1cc(CF)c(C(F)(F)F)nc1OC(F)(F)F. The first-order chi connectivity index (χ1) is 8.04. The van der Waals surface area contributed by atoms with Crippen LogP contribution in [0, 0.1) is 0 Å². The molecule has 1 rings (SSSR count). The van der Waals surface area contributed by atoms with E-state index < -0.39 is 42.1 Å². The Morgan fingerprint density at radius 1 is 1.17 bits per heavy atom. The smallest absolute Gasteiger partial charge is 0.503 e. The van der Waals surface area contributed by atoms with Crippen molar-refractivity contribution >= 4 is 0 Å². The Bertz CT molecular complexity index is 440. The fourth-order valence-electron chi connectivity index (χ4n) is 1.06. The predicted molar refractivity (Wildman–Crippen MR) is 42.4 cm³/mol. The van der Waals surface area contributed by atoms with Crippen LogP contribution in [-0.4, -0.2) is 16.5 Å². The van der Waals surface area contributed by atoms with Gasteiger partial charge in [-0.1, -0.05) is 0 Å². The second kappa shape index (κ2) is 4.50.